The van der Waals surface area contributed by atoms with E-state index in [1.54, 1.807) is 0 Å². The van der Waals surface area contributed by atoms with Gasteiger partial charge in [-0.3, -0.25) is 4.79 Å². The summed E-state index contributed by atoms with van der Waals surface area (Å²) in [5.74, 6) is 1.36. The highest BCUT2D eigenvalue weighted by Crippen LogP contribution is 2.40. The number of nitrogens with zero attached hydrogens (tertiary/aromatic N) is 1. The molecule has 1 aliphatic rings. The number of carbonyl (C=O) groups excluding carboxylic acids is 1. The van der Waals surface area contributed by atoms with Gasteiger partial charge in [-0.25, -0.2) is 4.98 Å². The minimum atomic E-state index is -0.195. The molecule has 1 saturated heterocycles. The van der Waals surface area contributed by atoms with Gasteiger partial charge in [-0.1, -0.05) is 84.9 Å². The molecule has 0 bridgehead atoms. The van der Waals surface area contributed by atoms with Crippen LogP contribution in [0.3, 0.4) is 0 Å². The van der Waals surface area contributed by atoms with E-state index in [-0.39, 0.29) is 16.7 Å². The number of amides is 1. The molecule has 1 fully saturated rings. The molecule has 34 heavy (non-hydrogen) atoms. The molecule has 1 aliphatic heterocycles. The lowest BCUT2D eigenvalue weighted by atomic mass is 9.78. The van der Waals surface area contributed by atoms with Crippen molar-refractivity contribution in [3.05, 3.63) is 58.1 Å². The monoisotopic (exact) mass is 516 g/mol. The Hall–Kier alpha value is -1.83. The van der Waals surface area contributed by atoms with E-state index < -0.39 is 0 Å². The van der Waals surface area contributed by atoms with Crippen molar-refractivity contribution in [3.63, 3.8) is 0 Å². The van der Waals surface area contributed by atoms with E-state index in [4.69, 9.17) is 12.2 Å². The Morgan fingerprint density at radius 1 is 1.12 bits per heavy atom. The summed E-state index contributed by atoms with van der Waals surface area (Å²) in [5.41, 5.74) is 2.27. The van der Waals surface area contributed by atoms with Crippen molar-refractivity contribution < 1.29 is 9.90 Å². The van der Waals surface area contributed by atoms with E-state index in [0.717, 1.165) is 21.7 Å². The van der Waals surface area contributed by atoms with Gasteiger partial charge in [0.05, 0.1) is 9.93 Å². The Balaban J connectivity index is 0.000000310. The number of aromatic nitrogens is 1. The lowest BCUT2D eigenvalue weighted by Crippen LogP contribution is -2.18. The second kappa shape index (κ2) is 12.2. The summed E-state index contributed by atoms with van der Waals surface area (Å²) >= 11 is 8.13. The third kappa shape index (κ3) is 8.43. The van der Waals surface area contributed by atoms with Crippen molar-refractivity contribution in [1.29, 1.82) is 0 Å². The summed E-state index contributed by atoms with van der Waals surface area (Å²) in [7, 11) is 0. The largest absolute Gasteiger partial charge is 0.507 e. The maximum absolute atomic E-state index is 11.9. The minimum Gasteiger partial charge on any atom is -0.507 e. The number of hydrogen-bond acceptors (Lipinski definition) is 6. The van der Waals surface area contributed by atoms with Crippen LogP contribution in [0.4, 0.5) is 0 Å². The number of thiocarbonyl (C=S) groups is 1. The van der Waals surface area contributed by atoms with Gasteiger partial charge in [0.1, 0.15) is 10.1 Å². The van der Waals surface area contributed by atoms with E-state index in [0.29, 0.717) is 15.0 Å². The zero-order valence-electron chi connectivity index (χ0n) is 21.2. The molecule has 0 atom stereocenters. The highest BCUT2D eigenvalue weighted by atomic mass is 32.2. The molecule has 184 valence electrons. The van der Waals surface area contributed by atoms with E-state index in [9.17, 15) is 9.90 Å². The summed E-state index contributed by atoms with van der Waals surface area (Å²) in [4.78, 5) is 16.7. The molecule has 1 aromatic heterocycles. The van der Waals surface area contributed by atoms with Gasteiger partial charge in [0.2, 0.25) is 0 Å². The predicted molar refractivity (Wildman–Crippen MR) is 152 cm³/mol. The predicted octanol–water partition coefficient (Wildman–Crippen LogP) is 7.45. The zero-order valence-corrected chi connectivity index (χ0v) is 23.6. The number of unbranched alkanes of at least 4 members (excludes halogenated alkanes) is 1. The van der Waals surface area contributed by atoms with Crippen molar-refractivity contribution in [2.45, 2.75) is 77.2 Å². The molecular formula is C27H36N2O2S3. The van der Waals surface area contributed by atoms with Crippen LogP contribution < -0.4 is 5.32 Å². The van der Waals surface area contributed by atoms with E-state index >= 15 is 0 Å². The smallest absolute Gasteiger partial charge is 0.263 e. The summed E-state index contributed by atoms with van der Waals surface area (Å²) in [6, 6.07) is 9.94. The van der Waals surface area contributed by atoms with Crippen LogP contribution in [0.25, 0.3) is 6.08 Å². The Morgan fingerprint density at radius 2 is 1.74 bits per heavy atom. The number of rotatable bonds is 5. The second-order valence-electron chi connectivity index (χ2n) is 10.2. The molecule has 2 aromatic rings. The van der Waals surface area contributed by atoms with Gasteiger partial charge in [0.25, 0.3) is 5.91 Å². The van der Waals surface area contributed by atoms with Gasteiger partial charge < -0.3 is 10.4 Å². The molecule has 3 rings (SSSR count). The molecule has 0 unspecified atom stereocenters. The van der Waals surface area contributed by atoms with Gasteiger partial charge in [-0.05, 0) is 58.9 Å². The molecular weight excluding hydrogens is 481 g/mol. The molecule has 2 heterocycles. The summed E-state index contributed by atoms with van der Waals surface area (Å²) in [6.45, 7) is 14.6. The van der Waals surface area contributed by atoms with E-state index in [2.05, 4.69) is 64.8 Å². The fourth-order valence-electron chi connectivity index (χ4n) is 3.21. The normalized spacial score (nSPS) is 15.2. The third-order valence-corrected chi connectivity index (χ3v) is 7.27. The van der Waals surface area contributed by atoms with Crippen molar-refractivity contribution in [1.82, 2.24) is 10.3 Å². The summed E-state index contributed by atoms with van der Waals surface area (Å²) in [5, 5.41) is 14.5. The standard InChI is InChI=1S/C18H23NO2S2.C9H13NS/c1-17(2,3)11-7-10(8-12(14(11)20)18(4,5)6)9-13-15(21)19-16(22)23-13;1-2-3-8-11-9-6-4-5-7-10-9/h7-9,20H,1-6H3,(H,19,21,22);4-7H,2-3,8H2,1H3. The van der Waals surface area contributed by atoms with Gasteiger partial charge >= 0.3 is 0 Å². The third-order valence-electron chi connectivity index (χ3n) is 5.07. The van der Waals surface area contributed by atoms with Crippen molar-refractivity contribution in [3.8, 4) is 5.75 Å². The van der Waals surface area contributed by atoms with Crippen LogP contribution in [0.5, 0.6) is 5.75 Å². The maximum Gasteiger partial charge on any atom is 0.263 e. The average Bonchev–Trinajstić information content (AvgIpc) is 3.05. The van der Waals surface area contributed by atoms with Gasteiger partial charge in [-0.15, -0.1) is 11.8 Å². The molecule has 0 spiro atoms. The van der Waals surface area contributed by atoms with Gasteiger partial charge in [0.15, 0.2) is 0 Å². The van der Waals surface area contributed by atoms with Crippen LogP contribution in [-0.4, -0.2) is 26.1 Å². The summed E-state index contributed by atoms with van der Waals surface area (Å²) < 4.78 is 0.479. The van der Waals surface area contributed by atoms with Gasteiger partial charge in [-0.2, -0.15) is 0 Å². The Kier molecular flexibility index (Phi) is 10.2. The first-order chi connectivity index (χ1) is 15.8. The first kappa shape index (κ1) is 28.4. The zero-order chi connectivity index (χ0) is 25.5. The quantitative estimate of drug-likeness (QED) is 0.186. The van der Waals surface area contributed by atoms with Crippen molar-refractivity contribution >= 4 is 52.0 Å². The average molecular weight is 517 g/mol. The molecule has 0 radical (unpaired) electrons. The van der Waals surface area contributed by atoms with Crippen LogP contribution in [-0.2, 0) is 15.6 Å². The van der Waals surface area contributed by atoms with Crippen LogP contribution >= 0.6 is 35.7 Å². The van der Waals surface area contributed by atoms with Crippen LogP contribution in [0.1, 0.15) is 78.0 Å². The molecule has 0 aliphatic carbocycles. The van der Waals surface area contributed by atoms with Crippen LogP contribution in [0.15, 0.2) is 46.5 Å². The number of nitrogens with one attached hydrogen (secondary N) is 1. The first-order valence-corrected chi connectivity index (χ1v) is 13.7. The lowest BCUT2D eigenvalue weighted by Gasteiger charge is -2.28. The van der Waals surface area contributed by atoms with Crippen molar-refractivity contribution in [2.24, 2.45) is 0 Å². The van der Waals surface area contributed by atoms with Crippen molar-refractivity contribution in [2.75, 3.05) is 5.75 Å². The number of hydrogen-bond donors (Lipinski definition) is 2. The first-order valence-electron chi connectivity index (χ1n) is 11.5. The SMILES string of the molecule is CC(C)(C)c1cc(C=C2SC(=S)NC2=O)cc(C(C)(C)C)c1O.CCCCSc1ccccn1. The second-order valence-corrected chi connectivity index (χ2v) is 13.0. The number of carbonyl (C=O) groups is 1. The highest BCUT2D eigenvalue weighted by molar-refractivity contribution is 8.26. The number of phenolic OH excluding ortho intramolecular Hbond substituents is 1. The number of phenols is 1. The van der Waals surface area contributed by atoms with Crippen LogP contribution in [0.2, 0.25) is 0 Å². The molecule has 7 heteroatoms. The van der Waals surface area contributed by atoms with Gasteiger partial charge in [0, 0.05) is 17.3 Å². The van der Waals surface area contributed by atoms with E-state index in [1.165, 1.54) is 30.4 Å². The molecule has 1 aromatic carbocycles. The van der Waals surface area contributed by atoms with E-state index in [1.807, 2.05) is 48.3 Å². The molecule has 0 saturated carbocycles. The number of aromatic hydroxyl groups is 1. The highest BCUT2D eigenvalue weighted by Gasteiger charge is 2.27. The molecule has 4 nitrogen and oxygen atoms in total. The fourth-order valence-corrected chi connectivity index (χ4v) is 5.21. The Bertz CT molecular complexity index is 1000. The maximum atomic E-state index is 11.9. The Morgan fingerprint density at radius 3 is 2.18 bits per heavy atom. The summed E-state index contributed by atoms with van der Waals surface area (Å²) in [6.07, 6.45) is 6.22. The Labute approximate surface area is 218 Å². The number of thioether (sulfide) groups is 2. The minimum absolute atomic E-state index is 0.164. The topological polar surface area (TPSA) is 62.2 Å². The fraction of sp³-hybridized carbons (Fsp3) is 0.444. The van der Waals surface area contributed by atoms with Crippen LogP contribution in [0, 0.1) is 0 Å². The molecule has 1 amide bonds. The lowest BCUT2D eigenvalue weighted by molar-refractivity contribution is -0.115. The molecule has 2 N–H and O–H groups in total. The number of benzene rings is 1. The number of pyridine rings is 1.